The van der Waals surface area contributed by atoms with Crippen molar-refractivity contribution in [3.8, 4) is 11.1 Å². The maximum absolute atomic E-state index is 4.60. The SMILES string of the molecule is c1cnc2cc(-c3ccc(N(c4ccc5c(ccc6c7ccccc7sc56)c4)c4ccc5c(ccc6c7ccccc7sc56)c4)cc3)ccc2c1. The number of hydrogen-bond donors (Lipinski definition) is 0. The Labute approximate surface area is 302 Å². The van der Waals surface area contributed by atoms with Crippen molar-refractivity contribution in [2.45, 2.75) is 0 Å². The van der Waals surface area contributed by atoms with Crippen molar-refractivity contribution >= 4 is 113 Å². The first-order valence-electron chi connectivity index (χ1n) is 17.2. The monoisotopic (exact) mass is 684 g/mol. The molecule has 0 saturated heterocycles. The van der Waals surface area contributed by atoms with Crippen LogP contribution < -0.4 is 4.90 Å². The van der Waals surface area contributed by atoms with Gasteiger partial charge in [-0.2, -0.15) is 0 Å². The molecule has 3 aromatic heterocycles. The van der Waals surface area contributed by atoms with Gasteiger partial charge in [-0.3, -0.25) is 4.98 Å². The average molecular weight is 685 g/mol. The van der Waals surface area contributed by atoms with Crippen molar-refractivity contribution < 1.29 is 0 Å². The molecule has 0 amide bonds. The number of benzene rings is 8. The summed E-state index contributed by atoms with van der Waals surface area (Å²) in [7, 11) is 0. The summed E-state index contributed by atoms with van der Waals surface area (Å²) in [6.45, 7) is 0. The molecule has 0 bridgehead atoms. The number of aromatic nitrogens is 1. The number of rotatable bonds is 4. The highest BCUT2D eigenvalue weighted by atomic mass is 32.1. The molecule has 0 spiro atoms. The maximum atomic E-state index is 4.60. The van der Waals surface area contributed by atoms with E-state index in [0.717, 1.165) is 33.5 Å². The second kappa shape index (κ2) is 11.2. The van der Waals surface area contributed by atoms with E-state index in [9.17, 15) is 0 Å². The lowest BCUT2D eigenvalue weighted by Gasteiger charge is -2.26. The highest BCUT2D eigenvalue weighted by molar-refractivity contribution is 7.27. The Morgan fingerprint density at radius 2 is 0.902 bits per heavy atom. The third-order valence-electron chi connectivity index (χ3n) is 10.3. The molecule has 0 aliphatic rings. The van der Waals surface area contributed by atoms with Gasteiger partial charge in [-0.05, 0) is 93.3 Å². The molecule has 0 radical (unpaired) electrons. The second-order valence-electron chi connectivity index (χ2n) is 13.2. The van der Waals surface area contributed by atoms with E-state index < -0.39 is 0 Å². The minimum Gasteiger partial charge on any atom is -0.310 e. The van der Waals surface area contributed by atoms with Crippen molar-refractivity contribution in [2.75, 3.05) is 4.90 Å². The molecule has 0 atom stereocenters. The fourth-order valence-corrected chi connectivity index (χ4v) is 10.2. The molecule has 0 saturated carbocycles. The molecule has 0 unspecified atom stereocenters. The maximum Gasteiger partial charge on any atom is 0.0708 e. The molecule has 238 valence electrons. The summed E-state index contributed by atoms with van der Waals surface area (Å²) in [5.74, 6) is 0. The Hall–Kier alpha value is -6.07. The summed E-state index contributed by atoms with van der Waals surface area (Å²) >= 11 is 3.77. The molecule has 0 aliphatic heterocycles. The van der Waals surface area contributed by atoms with Crippen molar-refractivity contribution in [3.05, 3.63) is 170 Å². The van der Waals surface area contributed by atoms with Gasteiger partial charge in [-0.15, -0.1) is 22.7 Å². The quantitative estimate of drug-likeness (QED) is 0.183. The highest BCUT2D eigenvalue weighted by Gasteiger charge is 2.17. The Kier molecular flexibility index (Phi) is 6.32. The molecule has 2 nitrogen and oxygen atoms in total. The van der Waals surface area contributed by atoms with Crippen molar-refractivity contribution in [3.63, 3.8) is 0 Å². The molecule has 8 aromatic carbocycles. The van der Waals surface area contributed by atoms with Crippen LogP contribution in [0.15, 0.2) is 170 Å². The Balaban J connectivity index is 1.07. The zero-order valence-corrected chi connectivity index (χ0v) is 29.0. The molecule has 51 heavy (non-hydrogen) atoms. The van der Waals surface area contributed by atoms with Crippen molar-refractivity contribution in [1.29, 1.82) is 0 Å². The number of thiophene rings is 2. The summed E-state index contributed by atoms with van der Waals surface area (Å²) in [6.07, 6.45) is 1.86. The van der Waals surface area contributed by atoms with Gasteiger partial charge in [0.15, 0.2) is 0 Å². The largest absolute Gasteiger partial charge is 0.310 e. The minimum atomic E-state index is 1.01. The first-order chi connectivity index (χ1) is 25.2. The predicted molar refractivity (Wildman–Crippen MR) is 223 cm³/mol. The molecule has 0 fully saturated rings. The standard InChI is InChI=1S/C47H28N2S2/c1-3-9-44-39(7-1)41-21-15-32-26-35(19-23-37(32)46(41)50-44)49(34-17-13-29(14-18-34)31-12-11-30-6-5-25-48-43(30)28-31)36-20-24-38-33(27-36)16-22-42-40-8-2-4-10-45(40)51-47(38)42/h1-28H. The fraction of sp³-hybridized carbons (Fsp3) is 0. The highest BCUT2D eigenvalue weighted by Crippen LogP contribution is 2.44. The molecule has 3 heterocycles. The lowest BCUT2D eigenvalue weighted by Crippen LogP contribution is -2.09. The van der Waals surface area contributed by atoms with Gasteiger partial charge in [0.1, 0.15) is 0 Å². The van der Waals surface area contributed by atoms with Gasteiger partial charge in [-0.1, -0.05) is 103 Å². The first-order valence-corrected chi connectivity index (χ1v) is 18.8. The van der Waals surface area contributed by atoms with Gasteiger partial charge in [0.2, 0.25) is 0 Å². The predicted octanol–water partition coefficient (Wildman–Crippen LogP) is 14.4. The lowest BCUT2D eigenvalue weighted by molar-refractivity contribution is 1.29. The van der Waals surface area contributed by atoms with Crippen LogP contribution in [0.25, 0.3) is 83.9 Å². The van der Waals surface area contributed by atoms with E-state index in [0.29, 0.717) is 0 Å². The molecule has 11 rings (SSSR count). The number of pyridine rings is 1. The Bertz CT molecular complexity index is 3000. The number of nitrogens with zero attached hydrogens (tertiary/aromatic N) is 2. The van der Waals surface area contributed by atoms with E-state index in [2.05, 4.69) is 168 Å². The van der Waals surface area contributed by atoms with Crippen LogP contribution in [0.3, 0.4) is 0 Å². The van der Waals surface area contributed by atoms with Gasteiger partial charge < -0.3 is 4.90 Å². The molecular formula is C47H28N2S2. The van der Waals surface area contributed by atoms with Gasteiger partial charge in [-0.25, -0.2) is 0 Å². The number of anilines is 3. The van der Waals surface area contributed by atoms with Crippen LogP contribution in [0.4, 0.5) is 17.1 Å². The summed E-state index contributed by atoms with van der Waals surface area (Å²) in [5.41, 5.74) is 6.72. The summed E-state index contributed by atoms with van der Waals surface area (Å²) in [4.78, 5) is 7.00. The van der Waals surface area contributed by atoms with E-state index in [1.165, 1.54) is 67.5 Å². The van der Waals surface area contributed by atoms with Crippen LogP contribution in [0.2, 0.25) is 0 Å². The van der Waals surface area contributed by atoms with Crippen LogP contribution in [-0.2, 0) is 0 Å². The van der Waals surface area contributed by atoms with E-state index in [-0.39, 0.29) is 0 Å². The second-order valence-corrected chi connectivity index (χ2v) is 15.3. The van der Waals surface area contributed by atoms with E-state index in [4.69, 9.17) is 0 Å². The summed E-state index contributed by atoms with van der Waals surface area (Å²) < 4.78 is 5.35. The lowest BCUT2D eigenvalue weighted by atomic mass is 10.0. The van der Waals surface area contributed by atoms with Gasteiger partial charge in [0.05, 0.1) is 5.52 Å². The smallest absolute Gasteiger partial charge is 0.0708 e. The van der Waals surface area contributed by atoms with Crippen molar-refractivity contribution in [2.24, 2.45) is 0 Å². The molecular weight excluding hydrogens is 657 g/mol. The summed E-state index contributed by atoms with van der Waals surface area (Å²) in [5, 5.41) is 11.5. The van der Waals surface area contributed by atoms with E-state index >= 15 is 0 Å². The molecule has 11 aromatic rings. The van der Waals surface area contributed by atoms with Gasteiger partial charge >= 0.3 is 0 Å². The third-order valence-corrected chi connectivity index (χ3v) is 12.7. The van der Waals surface area contributed by atoms with Crippen LogP contribution in [-0.4, -0.2) is 4.98 Å². The molecule has 0 aliphatic carbocycles. The Morgan fingerprint density at radius 1 is 0.373 bits per heavy atom. The van der Waals surface area contributed by atoms with Crippen LogP contribution in [0, 0.1) is 0 Å². The number of hydrogen-bond acceptors (Lipinski definition) is 4. The topological polar surface area (TPSA) is 16.1 Å². The fourth-order valence-electron chi connectivity index (χ4n) is 7.77. The van der Waals surface area contributed by atoms with Crippen LogP contribution >= 0.6 is 22.7 Å². The molecule has 4 heteroatoms. The van der Waals surface area contributed by atoms with Gasteiger partial charge in [0, 0.05) is 69.0 Å². The Morgan fingerprint density at radius 3 is 1.53 bits per heavy atom. The number of fused-ring (bicyclic) bond motifs is 11. The average Bonchev–Trinajstić information content (AvgIpc) is 3.77. The van der Waals surface area contributed by atoms with E-state index in [1.807, 2.05) is 34.9 Å². The van der Waals surface area contributed by atoms with Crippen molar-refractivity contribution in [1.82, 2.24) is 4.98 Å². The van der Waals surface area contributed by atoms with Crippen LogP contribution in [0.1, 0.15) is 0 Å². The van der Waals surface area contributed by atoms with Gasteiger partial charge in [0.25, 0.3) is 0 Å². The first kappa shape index (κ1) is 28.7. The minimum absolute atomic E-state index is 1.01. The van der Waals surface area contributed by atoms with Crippen LogP contribution in [0.5, 0.6) is 0 Å². The normalized spacial score (nSPS) is 11.9. The van der Waals surface area contributed by atoms with E-state index in [1.54, 1.807) is 0 Å². The third kappa shape index (κ3) is 4.58. The molecule has 0 N–H and O–H groups in total. The zero-order chi connectivity index (χ0) is 33.5. The zero-order valence-electron chi connectivity index (χ0n) is 27.4. The summed E-state index contributed by atoms with van der Waals surface area (Å²) in [6, 6.07) is 60.1.